The molecule has 0 aromatic carbocycles. The van der Waals surface area contributed by atoms with Gasteiger partial charge in [-0.2, -0.15) is 0 Å². The fraction of sp³-hybridized carbons (Fsp3) is 0.944. The molecule has 0 amide bonds. The Morgan fingerprint density at radius 2 is 2.00 bits per heavy atom. The number of aliphatic imine (C=N–C) groups is 1. The summed E-state index contributed by atoms with van der Waals surface area (Å²) < 4.78 is 11.3. The molecule has 4 atom stereocenters. The Balaban J connectivity index is 0.00000225. The van der Waals surface area contributed by atoms with Crippen LogP contribution in [0.5, 0.6) is 0 Å². The molecule has 2 heterocycles. The van der Waals surface area contributed by atoms with Crippen molar-refractivity contribution < 1.29 is 9.47 Å². The zero-order valence-corrected chi connectivity index (χ0v) is 18.4. The summed E-state index contributed by atoms with van der Waals surface area (Å²) in [6.07, 6.45) is 1.57. The minimum Gasteiger partial charge on any atom is -0.379 e. The first kappa shape index (κ1) is 21.2. The van der Waals surface area contributed by atoms with E-state index in [2.05, 4.69) is 43.2 Å². The Kier molecular flexibility index (Phi) is 7.79. The highest BCUT2D eigenvalue weighted by Gasteiger charge is 2.59. The van der Waals surface area contributed by atoms with Gasteiger partial charge in [0.05, 0.1) is 25.9 Å². The fourth-order valence-electron chi connectivity index (χ4n) is 4.44. The summed E-state index contributed by atoms with van der Waals surface area (Å²) >= 11 is 0. The van der Waals surface area contributed by atoms with E-state index in [0.717, 1.165) is 58.4 Å². The highest BCUT2D eigenvalue weighted by molar-refractivity contribution is 14.0. The molecule has 7 heteroatoms. The van der Waals surface area contributed by atoms with Crippen LogP contribution < -0.4 is 10.6 Å². The maximum absolute atomic E-state index is 5.90. The Morgan fingerprint density at radius 1 is 1.28 bits per heavy atom. The van der Waals surface area contributed by atoms with E-state index >= 15 is 0 Å². The summed E-state index contributed by atoms with van der Waals surface area (Å²) in [5, 5.41) is 7.10. The van der Waals surface area contributed by atoms with Crippen LogP contribution >= 0.6 is 24.0 Å². The summed E-state index contributed by atoms with van der Waals surface area (Å²) in [5.41, 5.74) is 0.174. The van der Waals surface area contributed by atoms with Gasteiger partial charge in [0.2, 0.25) is 0 Å². The Bertz CT molecular complexity index is 454. The first-order chi connectivity index (χ1) is 11.5. The van der Waals surface area contributed by atoms with Crippen molar-refractivity contribution in [1.29, 1.82) is 0 Å². The van der Waals surface area contributed by atoms with Crippen molar-refractivity contribution in [2.75, 3.05) is 46.0 Å². The number of morpholine rings is 1. The summed E-state index contributed by atoms with van der Waals surface area (Å²) in [6.45, 7) is 15.3. The van der Waals surface area contributed by atoms with Crippen molar-refractivity contribution in [3.8, 4) is 0 Å². The second-order valence-electron chi connectivity index (χ2n) is 7.90. The Labute approximate surface area is 169 Å². The topological polar surface area (TPSA) is 58.1 Å². The first-order valence-corrected chi connectivity index (χ1v) is 9.52. The number of hydrogen-bond donors (Lipinski definition) is 2. The molecule has 2 N–H and O–H groups in total. The van der Waals surface area contributed by atoms with Gasteiger partial charge in [-0.25, -0.2) is 0 Å². The van der Waals surface area contributed by atoms with Gasteiger partial charge in [0, 0.05) is 49.7 Å². The lowest BCUT2D eigenvalue weighted by Crippen LogP contribution is -2.68. The number of hydrogen-bond acceptors (Lipinski definition) is 4. The van der Waals surface area contributed by atoms with E-state index in [0.29, 0.717) is 24.1 Å². The normalized spacial score (nSPS) is 33.0. The fourth-order valence-corrected chi connectivity index (χ4v) is 4.44. The highest BCUT2D eigenvalue weighted by Crippen LogP contribution is 2.52. The predicted octanol–water partition coefficient (Wildman–Crippen LogP) is 1.69. The van der Waals surface area contributed by atoms with Crippen LogP contribution in [0.3, 0.4) is 0 Å². The minimum absolute atomic E-state index is 0. The van der Waals surface area contributed by atoms with Crippen molar-refractivity contribution in [3.63, 3.8) is 0 Å². The van der Waals surface area contributed by atoms with Gasteiger partial charge in [-0.1, -0.05) is 13.8 Å². The monoisotopic (exact) mass is 466 g/mol. The number of guanidine groups is 1. The van der Waals surface area contributed by atoms with Crippen LogP contribution in [0.4, 0.5) is 0 Å². The van der Waals surface area contributed by atoms with Crippen LogP contribution in [-0.2, 0) is 9.47 Å². The molecule has 0 aromatic heterocycles. The largest absolute Gasteiger partial charge is 0.379 e. The molecule has 2 saturated heterocycles. The summed E-state index contributed by atoms with van der Waals surface area (Å²) in [4.78, 5) is 7.32. The maximum Gasteiger partial charge on any atom is 0.191 e. The molecule has 6 nitrogen and oxygen atoms in total. The van der Waals surface area contributed by atoms with E-state index in [4.69, 9.17) is 14.5 Å². The third kappa shape index (κ3) is 4.59. The van der Waals surface area contributed by atoms with Gasteiger partial charge >= 0.3 is 0 Å². The van der Waals surface area contributed by atoms with Gasteiger partial charge in [0.1, 0.15) is 0 Å². The van der Waals surface area contributed by atoms with Gasteiger partial charge in [0.25, 0.3) is 0 Å². The molecule has 1 saturated carbocycles. The Morgan fingerprint density at radius 3 is 2.68 bits per heavy atom. The van der Waals surface area contributed by atoms with E-state index in [9.17, 15) is 0 Å². The predicted molar refractivity (Wildman–Crippen MR) is 112 cm³/mol. The van der Waals surface area contributed by atoms with Crippen molar-refractivity contribution in [2.24, 2.45) is 16.3 Å². The average Bonchev–Trinajstić information content (AvgIpc) is 3.05. The molecule has 0 bridgehead atoms. The SMILES string of the molecule is CCNC(=NCC(C)N1CCOCC1)NC1C2CCOC2C1(C)C.I. The second kappa shape index (κ2) is 9.19. The average molecular weight is 466 g/mol. The van der Waals surface area contributed by atoms with Crippen LogP contribution in [0.25, 0.3) is 0 Å². The first-order valence-electron chi connectivity index (χ1n) is 9.52. The van der Waals surface area contributed by atoms with Gasteiger partial charge in [-0.05, 0) is 20.3 Å². The number of nitrogens with one attached hydrogen (secondary N) is 2. The molecule has 0 aromatic rings. The number of halogens is 1. The van der Waals surface area contributed by atoms with Crippen LogP contribution in [0.15, 0.2) is 4.99 Å². The van der Waals surface area contributed by atoms with E-state index < -0.39 is 0 Å². The van der Waals surface area contributed by atoms with E-state index in [-0.39, 0.29) is 29.4 Å². The van der Waals surface area contributed by atoms with Gasteiger partial charge in [-0.15, -0.1) is 24.0 Å². The van der Waals surface area contributed by atoms with Crippen molar-refractivity contribution in [3.05, 3.63) is 0 Å². The van der Waals surface area contributed by atoms with E-state index in [1.807, 2.05) is 0 Å². The molecule has 3 rings (SSSR count). The van der Waals surface area contributed by atoms with Crippen molar-refractivity contribution in [1.82, 2.24) is 15.5 Å². The molecule has 0 spiro atoms. The van der Waals surface area contributed by atoms with Crippen LogP contribution in [0, 0.1) is 11.3 Å². The van der Waals surface area contributed by atoms with Crippen molar-refractivity contribution in [2.45, 2.75) is 52.3 Å². The van der Waals surface area contributed by atoms with Crippen LogP contribution in [0.2, 0.25) is 0 Å². The highest BCUT2D eigenvalue weighted by atomic mass is 127. The lowest BCUT2D eigenvalue weighted by atomic mass is 9.57. The van der Waals surface area contributed by atoms with Gasteiger partial charge in [-0.3, -0.25) is 9.89 Å². The third-order valence-electron chi connectivity index (χ3n) is 5.92. The quantitative estimate of drug-likeness (QED) is 0.367. The molecule has 4 unspecified atom stereocenters. The second-order valence-corrected chi connectivity index (χ2v) is 7.90. The molecule has 3 fully saturated rings. The smallest absolute Gasteiger partial charge is 0.191 e. The third-order valence-corrected chi connectivity index (χ3v) is 5.92. The molecule has 2 aliphatic heterocycles. The standard InChI is InChI=1S/C18H34N4O2.HI/c1-5-19-17(20-12-13(2)22-7-10-23-11-8-22)21-15-14-6-9-24-16(14)18(15,3)4;/h13-16H,5-12H2,1-4H3,(H2,19,20,21);1H. The zero-order chi connectivity index (χ0) is 17.2. The molecular formula is C18H35IN4O2. The molecule has 3 aliphatic rings. The molecule has 1 aliphatic carbocycles. The Hall–Kier alpha value is -0.120. The zero-order valence-electron chi connectivity index (χ0n) is 16.1. The van der Waals surface area contributed by atoms with Crippen molar-refractivity contribution >= 4 is 29.9 Å². The minimum atomic E-state index is 0. The maximum atomic E-state index is 5.90. The molecule has 0 radical (unpaired) electrons. The molecule has 146 valence electrons. The lowest BCUT2D eigenvalue weighted by Gasteiger charge is -2.55. The number of rotatable bonds is 5. The van der Waals surface area contributed by atoms with Gasteiger partial charge in [0.15, 0.2) is 5.96 Å². The number of fused-ring (bicyclic) bond motifs is 1. The summed E-state index contributed by atoms with van der Waals surface area (Å²) in [6, 6.07) is 0.891. The van der Waals surface area contributed by atoms with Gasteiger partial charge < -0.3 is 20.1 Å². The van der Waals surface area contributed by atoms with E-state index in [1.165, 1.54) is 0 Å². The molecule has 25 heavy (non-hydrogen) atoms. The van der Waals surface area contributed by atoms with Crippen LogP contribution in [0.1, 0.15) is 34.1 Å². The van der Waals surface area contributed by atoms with Crippen LogP contribution in [-0.4, -0.2) is 75.0 Å². The van der Waals surface area contributed by atoms with E-state index in [1.54, 1.807) is 0 Å². The summed E-state index contributed by atoms with van der Waals surface area (Å²) in [5.74, 6) is 1.57. The molecular weight excluding hydrogens is 431 g/mol. The summed E-state index contributed by atoms with van der Waals surface area (Å²) in [7, 11) is 0. The number of nitrogens with zero attached hydrogens (tertiary/aromatic N) is 2. The number of ether oxygens (including phenoxy) is 2. The lowest BCUT2D eigenvalue weighted by molar-refractivity contribution is -0.106.